The molecule has 0 aliphatic carbocycles. The summed E-state index contributed by atoms with van der Waals surface area (Å²) in [5.74, 6) is 0.270. The van der Waals surface area contributed by atoms with Crippen LogP contribution in [0, 0.1) is 6.92 Å². The number of aromatic hydroxyl groups is 1. The molecule has 0 amide bonds. The number of carbonyl (C=O) groups is 1. The molecule has 0 radical (unpaired) electrons. The molecule has 0 aliphatic heterocycles. The van der Waals surface area contributed by atoms with Gasteiger partial charge in [-0.1, -0.05) is 17.7 Å². The molecule has 2 nitrogen and oxygen atoms in total. The van der Waals surface area contributed by atoms with Crippen LogP contribution < -0.4 is 0 Å². The molecule has 1 rings (SSSR count). The zero-order chi connectivity index (χ0) is 9.14. The van der Waals surface area contributed by atoms with Gasteiger partial charge in [-0.3, -0.25) is 4.79 Å². The van der Waals surface area contributed by atoms with Gasteiger partial charge in [0.05, 0.1) is 0 Å². The topological polar surface area (TPSA) is 37.3 Å². The Hall–Kier alpha value is -1.31. The second-order valence-electron chi connectivity index (χ2n) is 3.01. The second kappa shape index (κ2) is 3.39. The number of phenolic OH excluding ortho intramolecular Hbond substituents is 1. The average Bonchev–Trinajstić information content (AvgIpc) is 1.96. The zero-order valence-electron chi connectivity index (χ0n) is 7.29. The zero-order valence-corrected chi connectivity index (χ0v) is 7.29. The van der Waals surface area contributed by atoms with Gasteiger partial charge in [-0.25, -0.2) is 0 Å². The molecule has 12 heavy (non-hydrogen) atoms. The quantitative estimate of drug-likeness (QED) is 0.724. The lowest BCUT2D eigenvalue weighted by Gasteiger charge is -2.02. The van der Waals surface area contributed by atoms with Crippen molar-refractivity contribution in [3.63, 3.8) is 0 Å². The summed E-state index contributed by atoms with van der Waals surface area (Å²) < 4.78 is 0. The van der Waals surface area contributed by atoms with Crippen LogP contribution in [0.1, 0.15) is 18.1 Å². The van der Waals surface area contributed by atoms with E-state index in [9.17, 15) is 9.90 Å². The highest BCUT2D eigenvalue weighted by Gasteiger charge is 2.03. The Morgan fingerprint density at radius 3 is 2.75 bits per heavy atom. The first kappa shape index (κ1) is 8.78. The van der Waals surface area contributed by atoms with Gasteiger partial charge in [0.15, 0.2) is 0 Å². The molecule has 0 saturated carbocycles. The number of hydrogen-bond donors (Lipinski definition) is 1. The molecule has 0 aliphatic rings. The number of hydrogen-bond acceptors (Lipinski definition) is 2. The van der Waals surface area contributed by atoms with Crippen molar-refractivity contribution in [2.75, 3.05) is 0 Å². The first-order valence-electron chi connectivity index (χ1n) is 3.87. The lowest BCUT2D eigenvalue weighted by Crippen LogP contribution is -1.96. The van der Waals surface area contributed by atoms with E-state index in [0.717, 1.165) is 5.56 Å². The van der Waals surface area contributed by atoms with Crippen molar-refractivity contribution in [3.8, 4) is 5.75 Å². The summed E-state index contributed by atoms with van der Waals surface area (Å²) in [6, 6.07) is 5.27. The van der Waals surface area contributed by atoms with Crippen LogP contribution in [-0.4, -0.2) is 10.9 Å². The van der Waals surface area contributed by atoms with Crippen LogP contribution in [0.25, 0.3) is 0 Å². The van der Waals surface area contributed by atoms with Crippen LogP contribution in [0.15, 0.2) is 18.2 Å². The van der Waals surface area contributed by atoms with Crippen molar-refractivity contribution in [2.24, 2.45) is 0 Å². The molecule has 1 N–H and O–H groups in total. The van der Waals surface area contributed by atoms with Crippen molar-refractivity contribution in [2.45, 2.75) is 20.3 Å². The Labute approximate surface area is 71.8 Å². The minimum atomic E-state index is 0.0656. The van der Waals surface area contributed by atoms with E-state index in [2.05, 4.69) is 0 Å². The summed E-state index contributed by atoms with van der Waals surface area (Å²) >= 11 is 0. The SMILES string of the molecule is CC(=O)Cc1cc(C)ccc1O. The summed E-state index contributed by atoms with van der Waals surface area (Å²) in [7, 11) is 0. The van der Waals surface area contributed by atoms with Gasteiger partial charge >= 0.3 is 0 Å². The van der Waals surface area contributed by atoms with Crippen molar-refractivity contribution in [1.82, 2.24) is 0 Å². The van der Waals surface area contributed by atoms with E-state index in [1.807, 2.05) is 19.1 Å². The number of benzene rings is 1. The number of rotatable bonds is 2. The third-order valence-electron chi connectivity index (χ3n) is 1.67. The normalized spacial score (nSPS) is 9.83. The van der Waals surface area contributed by atoms with Gasteiger partial charge in [0.2, 0.25) is 0 Å². The van der Waals surface area contributed by atoms with Crippen molar-refractivity contribution in [3.05, 3.63) is 29.3 Å². The fourth-order valence-electron chi connectivity index (χ4n) is 1.12. The molecule has 64 valence electrons. The molecule has 0 saturated heterocycles. The molecule has 0 heterocycles. The minimum Gasteiger partial charge on any atom is -0.508 e. The Morgan fingerprint density at radius 2 is 2.17 bits per heavy atom. The number of aryl methyl sites for hydroxylation is 1. The van der Waals surface area contributed by atoms with E-state index in [-0.39, 0.29) is 11.5 Å². The van der Waals surface area contributed by atoms with Gasteiger partial charge in [0.1, 0.15) is 11.5 Å². The van der Waals surface area contributed by atoms with Crippen LogP contribution in [0.3, 0.4) is 0 Å². The Kier molecular flexibility index (Phi) is 2.48. The van der Waals surface area contributed by atoms with Crippen LogP contribution in [-0.2, 0) is 11.2 Å². The number of Topliss-reactive ketones (excluding diaryl/α,β-unsaturated/α-hetero) is 1. The summed E-state index contributed by atoms with van der Waals surface area (Å²) in [5.41, 5.74) is 1.77. The summed E-state index contributed by atoms with van der Waals surface area (Å²) in [6.45, 7) is 3.45. The predicted octanol–water partition coefficient (Wildman–Crippen LogP) is 1.83. The lowest BCUT2D eigenvalue weighted by molar-refractivity contribution is -0.116. The maximum atomic E-state index is 10.8. The van der Waals surface area contributed by atoms with Gasteiger partial charge in [-0.05, 0) is 19.9 Å². The number of phenols is 1. The predicted molar refractivity (Wildman–Crippen MR) is 47.2 cm³/mol. The maximum Gasteiger partial charge on any atom is 0.134 e. The van der Waals surface area contributed by atoms with E-state index in [1.165, 1.54) is 6.92 Å². The van der Waals surface area contributed by atoms with E-state index < -0.39 is 0 Å². The number of ketones is 1. The lowest BCUT2D eigenvalue weighted by atomic mass is 10.1. The standard InChI is InChI=1S/C10H12O2/c1-7-3-4-10(12)9(5-7)6-8(2)11/h3-5,12H,6H2,1-2H3. The first-order chi connectivity index (χ1) is 5.59. The molecule has 2 heteroatoms. The highest BCUT2D eigenvalue weighted by atomic mass is 16.3. The van der Waals surface area contributed by atoms with Gasteiger partial charge in [0, 0.05) is 12.0 Å². The van der Waals surface area contributed by atoms with Gasteiger partial charge in [0.25, 0.3) is 0 Å². The average molecular weight is 164 g/mol. The molecule has 0 bridgehead atoms. The van der Waals surface area contributed by atoms with Crippen LogP contribution in [0.2, 0.25) is 0 Å². The smallest absolute Gasteiger partial charge is 0.134 e. The molecule has 1 aromatic carbocycles. The molecule has 0 unspecified atom stereocenters. The molecule has 0 aromatic heterocycles. The van der Waals surface area contributed by atoms with Crippen molar-refractivity contribution < 1.29 is 9.90 Å². The van der Waals surface area contributed by atoms with Gasteiger partial charge < -0.3 is 5.11 Å². The van der Waals surface area contributed by atoms with E-state index in [1.54, 1.807) is 6.07 Å². The van der Waals surface area contributed by atoms with Crippen LogP contribution >= 0.6 is 0 Å². The van der Waals surface area contributed by atoms with E-state index in [0.29, 0.717) is 12.0 Å². The van der Waals surface area contributed by atoms with Crippen LogP contribution in [0.5, 0.6) is 5.75 Å². The number of carbonyl (C=O) groups excluding carboxylic acids is 1. The second-order valence-corrected chi connectivity index (χ2v) is 3.01. The van der Waals surface area contributed by atoms with E-state index >= 15 is 0 Å². The fraction of sp³-hybridized carbons (Fsp3) is 0.300. The summed E-state index contributed by atoms with van der Waals surface area (Å²) in [4.78, 5) is 10.8. The summed E-state index contributed by atoms with van der Waals surface area (Å²) in [5, 5.41) is 9.33. The van der Waals surface area contributed by atoms with Crippen molar-refractivity contribution >= 4 is 5.78 Å². The Bertz CT molecular complexity index is 303. The van der Waals surface area contributed by atoms with Crippen molar-refractivity contribution in [1.29, 1.82) is 0 Å². The highest BCUT2D eigenvalue weighted by molar-refractivity contribution is 5.78. The highest BCUT2D eigenvalue weighted by Crippen LogP contribution is 2.18. The van der Waals surface area contributed by atoms with E-state index in [4.69, 9.17) is 0 Å². The molecule has 0 fully saturated rings. The Morgan fingerprint density at radius 1 is 1.50 bits per heavy atom. The molecule has 1 aromatic rings. The van der Waals surface area contributed by atoms with Crippen LogP contribution in [0.4, 0.5) is 0 Å². The Balaban J connectivity index is 2.97. The minimum absolute atomic E-state index is 0.0656. The maximum absolute atomic E-state index is 10.8. The fourth-order valence-corrected chi connectivity index (χ4v) is 1.12. The summed E-state index contributed by atoms with van der Waals surface area (Å²) in [6.07, 6.45) is 0.313. The monoisotopic (exact) mass is 164 g/mol. The van der Waals surface area contributed by atoms with Gasteiger partial charge in [-0.2, -0.15) is 0 Å². The first-order valence-corrected chi connectivity index (χ1v) is 3.87. The molecule has 0 atom stereocenters. The molecular weight excluding hydrogens is 152 g/mol. The van der Waals surface area contributed by atoms with Gasteiger partial charge in [-0.15, -0.1) is 0 Å². The largest absolute Gasteiger partial charge is 0.508 e. The molecular formula is C10H12O2. The molecule has 0 spiro atoms. The third kappa shape index (κ3) is 2.09. The third-order valence-corrected chi connectivity index (χ3v) is 1.67.